The van der Waals surface area contributed by atoms with E-state index in [4.69, 9.17) is 0 Å². The Hall–Kier alpha value is -1.58. The standard InChI is InChI=1S/C18H19F3O/c19-18(20,21)15-9-5-12(6-10-15)11-14-8-7-13-3-1-2-4-16(13)17(14)22/h5-6,9-11,13,16H,1-4,7-8H2/b14-11+/t13-,16-/m0/s1. The molecule has 0 N–H and O–H groups in total. The molecule has 22 heavy (non-hydrogen) atoms. The molecule has 2 aliphatic carbocycles. The molecular weight excluding hydrogens is 289 g/mol. The van der Waals surface area contributed by atoms with Gasteiger partial charge in [-0.15, -0.1) is 0 Å². The number of Topliss-reactive ketones (excluding diaryl/α,β-unsaturated/α-hetero) is 1. The van der Waals surface area contributed by atoms with Crippen LogP contribution in [-0.4, -0.2) is 5.78 Å². The van der Waals surface area contributed by atoms with Gasteiger partial charge in [-0.1, -0.05) is 25.0 Å². The third kappa shape index (κ3) is 3.11. The van der Waals surface area contributed by atoms with E-state index in [0.717, 1.165) is 49.8 Å². The fourth-order valence-electron chi connectivity index (χ4n) is 3.71. The number of ketones is 1. The predicted molar refractivity (Wildman–Crippen MR) is 79.1 cm³/mol. The molecule has 0 radical (unpaired) electrons. The van der Waals surface area contributed by atoms with E-state index in [-0.39, 0.29) is 11.7 Å². The van der Waals surface area contributed by atoms with Gasteiger partial charge in [0.05, 0.1) is 5.56 Å². The number of carbonyl (C=O) groups excluding carboxylic acids is 1. The molecule has 4 heteroatoms. The van der Waals surface area contributed by atoms with Crippen LogP contribution in [0, 0.1) is 11.8 Å². The second kappa shape index (κ2) is 5.90. The Labute approximate surface area is 128 Å². The van der Waals surface area contributed by atoms with Crippen molar-refractivity contribution in [2.24, 2.45) is 11.8 Å². The number of carbonyl (C=O) groups is 1. The number of hydrogen-bond acceptors (Lipinski definition) is 1. The van der Waals surface area contributed by atoms with Gasteiger partial charge in [0.2, 0.25) is 0 Å². The van der Waals surface area contributed by atoms with Crippen LogP contribution in [0.3, 0.4) is 0 Å². The number of halogens is 3. The molecule has 1 aromatic carbocycles. The first-order valence-corrected chi connectivity index (χ1v) is 7.87. The fraction of sp³-hybridized carbons (Fsp3) is 0.500. The number of rotatable bonds is 1. The predicted octanol–water partition coefficient (Wildman–Crippen LogP) is 5.26. The van der Waals surface area contributed by atoms with Gasteiger partial charge in [0.25, 0.3) is 0 Å². The van der Waals surface area contributed by atoms with E-state index in [2.05, 4.69) is 0 Å². The van der Waals surface area contributed by atoms with Crippen molar-refractivity contribution in [1.29, 1.82) is 0 Å². The lowest BCUT2D eigenvalue weighted by atomic mass is 9.68. The van der Waals surface area contributed by atoms with Gasteiger partial charge in [0.15, 0.2) is 5.78 Å². The second-order valence-corrected chi connectivity index (χ2v) is 6.34. The summed E-state index contributed by atoms with van der Waals surface area (Å²) in [5.74, 6) is 0.880. The van der Waals surface area contributed by atoms with Crippen molar-refractivity contribution >= 4 is 11.9 Å². The molecule has 0 saturated heterocycles. The van der Waals surface area contributed by atoms with E-state index in [1.807, 2.05) is 0 Å². The second-order valence-electron chi connectivity index (χ2n) is 6.34. The number of fused-ring (bicyclic) bond motifs is 1. The van der Waals surface area contributed by atoms with Crippen LogP contribution in [0.25, 0.3) is 6.08 Å². The minimum atomic E-state index is -4.32. The molecule has 2 atom stereocenters. The lowest BCUT2D eigenvalue weighted by Crippen LogP contribution is -2.32. The maximum absolute atomic E-state index is 12.6. The average molecular weight is 308 g/mol. The Bertz CT molecular complexity index is 583. The third-order valence-electron chi connectivity index (χ3n) is 4.93. The first-order valence-electron chi connectivity index (χ1n) is 7.87. The van der Waals surface area contributed by atoms with Crippen LogP contribution in [0.5, 0.6) is 0 Å². The Morgan fingerprint density at radius 1 is 1.00 bits per heavy atom. The molecule has 118 valence electrons. The molecule has 0 spiro atoms. The van der Waals surface area contributed by atoms with E-state index < -0.39 is 11.7 Å². The van der Waals surface area contributed by atoms with E-state index in [9.17, 15) is 18.0 Å². The smallest absolute Gasteiger partial charge is 0.294 e. The van der Waals surface area contributed by atoms with Crippen LogP contribution < -0.4 is 0 Å². The number of hydrogen-bond donors (Lipinski definition) is 0. The summed E-state index contributed by atoms with van der Waals surface area (Å²) in [6.07, 6.45) is 3.67. The molecule has 2 aliphatic rings. The van der Waals surface area contributed by atoms with Crippen molar-refractivity contribution < 1.29 is 18.0 Å². The van der Waals surface area contributed by atoms with Crippen LogP contribution >= 0.6 is 0 Å². The minimum absolute atomic E-state index is 0.142. The maximum atomic E-state index is 12.6. The Morgan fingerprint density at radius 3 is 2.36 bits per heavy atom. The van der Waals surface area contributed by atoms with E-state index in [0.29, 0.717) is 11.5 Å². The zero-order chi connectivity index (χ0) is 15.7. The number of allylic oxidation sites excluding steroid dienone is 1. The van der Waals surface area contributed by atoms with Gasteiger partial charge in [-0.3, -0.25) is 4.79 Å². The summed E-state index contributed by atoms with van der Waals surface area (Å²) in [5, 5.41) is 0. The number of benzene rings is 1. The van der Waals surface area contributed by atoms with Gasteiger partial charge in [-0.25, -0.2) is 0 Å². The first-order chi connectivity index (χ1) is 10.4. The molecule has 0 aromatic heterocycles. The van der Waals surface area contributed by atoms with Crippen LogP contribution in [-0.2, 0) is 11.0 Å². The highest BCUT2D eigenvalue weighted by Gasteiger charge is 2.36. The van der Waals surface area contributed by atoms with Crippen molar-refractivity contribution in [2.75, 3.05) is 0 Å². The van der Waals surface area contributed by atoms with Crippen LogP contribution in [0.15, 0.2) is 29.8 Å². The Kier molecular flexibility index (Phi) is 4.11. The van der Waals surface area contributed by atoms with Crippen molar-refractivity contribution in [3.63, 3.8) is 0 Å². The lowest BCUT2D eigenvalue weighted by molar-refractivity contribution is -0.137. The fourth-order valence-corrected chi connectivity index (χ4v) is 3.71. The van der Waals surface area contributed by atoms with E-state index in [1.54, 1.807) is 6.08 Å². The van der Waals surface area contributed by atoms with Crippen molar-refractivity contribution in [3.8, 4) is 0 Å². The molecule has 0 aliphatic heterocycles. The Morgan fingerprint density at radius 2 is 1.68 bits per heavy atom. The van der Waals surface area contributed by atoms with Crippen LogP contribution in [0.4, 0.5) is 13.2 Å². The zero-order valence-electron chi connectivity index (χ0n) is 12.3. The Balaban J connectivity index is 1.78. The molecule has 0 amide bonds. The average Bonchev–Trinajstić information content (AvgIpc) is 2.50. The largest absolute Gasteiger partial charge is 0.416 e. The van der Waals surface area contributed by atoms with Gasteiger partial charge in [-0.2, -0.15) is 13.2 Å². The molecule has 3 rings (SSSR count). The lowest BCUT2D eigenvalue weighted by Gasteiger charge is -2.35. The normalized spacial score (nSPS) is 27.8. The zero-order valence-corrected chi connectivity index (χ0v) is 12.3. The van der Waals surface area contributed by atoms with Crippen molar-refractivity contribution in [3.05, 3.63) is 41.0 Å². The summed E-state index contributed by atoms with van der Waals surface area (Å²) < 4.78 is 37.7. The van der Waals surface area contributed by atoms with Crippen LogP contribution in [0.2, 0.25) is 0 Å². The first kappa shape index (κ1) is 15.3. The highest BCUT2D eigenvalue weighted by atomic mass is 19.4. The van der Waals surface area contributed by atoms with Crippen molar-refractivity contribution in [2.45, 2.75) is 44.7 Å². The molecule has 2 saturated carbocycles. The number of alkyl halides is 3. The van der Waals surface area contributed by atoms with Crippen LogP contribution in [0.1, 0.15) is 49.7 Å². The van der Waals surface area contributed by atoms with Gasteiger partial charge >= 0.3 is 6.18 Å². The highest BCUT2D eigenvalue weighted by Crippen LogP contribution is 2.41. The summed E-state index contributed by atoms with van der Waals surface area (Å²) in [7, 11) is 0. The van der Waals surface area contributed by atoms with Gasteiger partial charge in [-0.05, 0) is 60.9 Å². The molecule has 2 fully saturated rings. The van der Waals surface area contributed by atoms with Gasteiger partial charge in [0, 0.05) is 5.92 Å². The molecule has 1 nitrogen and oxygen atoms in total. The topological polar surface area (TPSA) is 17.1 Å². The summed E-state index contributed by atoms with van der Waals surface area (Å²) in [4.78, 5) is 12.5. The SMILES string of the molecule is O=C1/C(=C/c2ccc(C(F)(F)F)cc2)CC[C@@H]2CCCC[C@H]12. The quantitative estimate of drug-likeness (QED) is 0.647. The van der Waals surface area contributed by atoms with E-state index >= 15 is 0 Å². The third-order valence-corrected chi connectivity index (χ3v) is 4.93. The minimum Gasteiger partial charge on any atom is -0.294 e. The summed E-state index contributed by atoms with van der Waals surface area (Å²) in [5.41, 5.74) is 0.797. The van der Waals surface area contributed by atoms with Gasteiger partial charge in [0.1, 0.15) is 0 Å². The monoisotopic (exact) mass is 308 g/mol. The maximum Gasteiger partial charge on any atom is 0.416 e. The molecular formula is C18H19F3O. The molecule has 0 bridgehead atoms. The highest BCUT2D eigenvalue weighted by molar-refractivity contribution is 6.02. The molecule has 1 aromatic rings. The molecule has 0 heterocycles. The van der Waals surface area contributed by atoms with Gasteiger partial charge < -0.3 is 0 Å². The summed E-state index contributed by atoms with van der Waals surface area (Å²) in [6, 6.07) is 5.03. The summed E-state index contributed by atoms with van der Waals surface area (Å²) >= 11 is 0. The van der Waals surface area contributed by atoms with Crippen molar-refractivity contribution in [1.82, 2.24) is 0 Å². The van der Waals surface area contributed by atoms with E-state index in [1.165, 1.54) is 18.6 Å². The molecule has 0 unspecified atom stereocenters. The summed E-state index contributed by atoms with van der Waals surface area (Å²) in [6.45, 7) is 0.